The molecule has 0 atom stereocenters. The molecule has 0 N–H and O–H groups in total. The Kier molecular flexibility index (Phi) is 5.47. The van der Waals surface area contributed by atoms with Crippen molar-refractivity contribution in [3.8, 4) is 11.3 Å². The summed E-state index contributed by atoms with van der Waals surface area (Å²) in [5, 5.41) is 2.06. The van der Waals surface area contributed by atoms with Gasteiger partial charge in [0, 0.05) is 39.9 Å². The van der Waals surface area contributed by atoms with Crippen molar-refractivity contribution in [1.82, 2.24) is 14.5 Å². The van der Waals surface area contributed by atoms with Gasteiger partial charge in [-0.2, -0.15) is 0 Å². The molecule has 5 rings (SSSR count). The van der Waals surface area contributed by atoms with Crippen molar-refractivity contribution in [1.29, 1.82) is 0 Å². The van der Waals surface area contributed by atoms with Crippen LogP contribution in [0, 0.1) is 0 Å². The van der Waals surface area contributed by atoms with E-state index in [0.29, 0.717) is 33.3 Å². The fourth-order valence-electron chi connectivity index (χ4n) is 3.57. The number of carbonyl (C=O) groups excluding carboxylic acids is 1. The van der Waals surface area contributed by atoms with E-state index < -0.39 is 5.78 Å². The quantitative estimate of drug-likeness (QED) is 0.255. The zero-order valence-corrected chi connectivity index (χ0v) is 18.7. The molecule has 3 aromatic heterocycles. The summed E-state index contributed by atoms with van der Waals surface area (Å²) in [7, 11) is 0. The summed E-state index contributed by atoms with van der Waals surface area (Å²) in [5.74, 6) is -0.00327. The van der Waals surface area contributed by atoms with E-state index in [0.717, 1.165) is 16.6 Å². The molecule has 158 valence electrons. The van der Waals surface area contributed by atoms with Crippen LogP contribution in [0.5, 0.6) is 0 Å². The van der Waals surface area contributed by atoms with Crippen molar-refractivity contribution in [2.45, 2.75) is 6.54 Å². The van der Waals surface area contributed by atoms with E-state index in [1.807, 2.05) is 34.9 Å². The normalized spacial score (nSPS) is 11.2. The molecule has 2 aromatic carbocycles. The largest absolute Gasteiger partial charge is 0.433 e. The molecule has 0 aliphatic carbocycles. The Balaban J connectivity index is 1.60. The molecule has 5 nitrogen and oxygen atoms in total. The Hall–Kier alpha value is -3.12. The zero-order chi connectivity index (χ0) is 22.2. The standard InChI is InChI=1S/C24H14Cl3N3O2/c25-16-3-1-14(2-4-16)13-30-19-6-5-17(26)11-18(19)21(23(30)27)22(31)24-29-12-20(32-24)15-7-9-28-10-8-15/h1-12H,13H2. The second-order valence-corrected chi connectivity index (χ2v) is 8.37. The molecule has 0 saturated heterocycles. The maximum absolute atomic E-state index is 13.4. The highest BCUT2D eigenvalue weighted by atomic mass is 35.5. The lowest BCUT2D eigenvalue weighted by molar-refractivity contribution is 0.100. The second kappa shape index (κ2) is 8.43. The van der Waals surface area contributed by atoms with Gasteiger partial charge in [0.2, 0.25) is 0 Å². The summed E-state index contributed by atoms with van der Waals surface area (Å²) in [6.45, 7) is 0.454. The summed E-state index contributed by atoms with van der Waals surface area (Å²) >= 11 is 19.0. The van der Waals surface area contributed by atoms with Gasteiger partial charge in [0.1, 0.15) is 5.15 Å². The van der Waals surface area contributed by atoms with Crippen LogP contribution in [-0.4, -0.2) is 20.3 Å². The topological polar surface area (TPSA) is 60.9 Å². The van der Waals surface area contributed by atoms with Gasteiger partial charge in [0.05, 0.1) is 17.3 Å². The summed E-state index contributed by atoms with van der Waals surface area (Å²) in [4.78, 5) is 21.6. The zero-order valence-electron chi connectivity index (χ0n) is 16.4. The molecule has 8 heteroatoms. The Morgan fingerprint density at radius 3 is 2.41 bits per heavy atom. The molecule has 3 heterocycles. The minimum atomic E-state index is -0.419. The molecule has 0 aliphatic heterocycles. The number of benzene rings is 2. The molecule has 0 saturated carbocycles. The van der Waals surface area contributed by atoms with Gasteiger partial charge in [-0.15, -0.1) is 0 Å². The minimum absolute atomic E-state index is 0.0516. The first kappa shape index (κ1) is 20.8. The van der Waals surface area contributed by atoms with E-state index in [9.17, 15) is 4.79 Å². The monoisotopic (exact) mass is 481 g/mol. The number of hydrogen-bond acceptors (Lipinski definition) is 4. The van der Waals surface area contributed by atoms with Gasteiger partial charge in [-0.05, 0) is 48.0 Å². The molecule has 0 amide bonds. The van der Waals surface area contributed by atoms with Crippen LogP contribution in [0.2, 0.25) is 15.2 Å². The Morgan fingerprint density at radius 1 is 0.938 bits per heavy atom. The Labute approximate surface area is 198 Å². The first-order valence-corrected chi connectivity index (χ1v) is 10.8. The number of hydrogen-bond donors (Lipinski definition) is 0. The molecule has 0 radical (unpaired) electrons. The smallest absolute Gasteiger partial charge is 0.268 e. The molecular weight excluding hydrogens is 469 g/mol. The Morgan fingerprint density at radius 2 is 1.66 bits per heavy atom. The highest BCUT2D eigenvalue weighted by Gasteiger charge is 2.26. The van der Waals surface area contributed by atoms with Gasteiger partial charge in [0.25, 0.3) is 11.7 Å². The molecular formula is C24H14Cl3N3O2. The van der Waals surface area contributed by atoms with Crippen LogP contribution < -0.4 is 0 Å². The number of halogens is 3. The van der Waals surface area contributed by atoms with E-state index in [2.05, 4.69) is 9.97 Å². The van der Waals surface area contributed by atoms with Gasteiger partial charge in [-0.3, -0.25) is 9.78 Å². The first-order valence-electron chi connectivity index (χ1n) is 9.64. The number of ketones is 1. The fourth-order valence-corrected chi connectivity index (χ4v) is 4.21. The van der Waals surface area contributed by atoms with Crippen LogP contribution in [0.1, 0.15) is 21.8 Å². The van der Waals surface area contributed by atoms with E-state index >= 15 is 0 Å². The lowest BCUT2D eigenvalue weighted by Gasteiger charge is -2.08. The third kappa shape index (κ3) is 3.79. The Bertz CT molecular complexity index is 1440. The average Bonchev–Trinajstić information content (AvgIpc) is 3.39. The molecule has 0 fully saturated rings. The molecule has 0 spiro atoms. The minimum Gasteiger partial charge on any atom is -0.433 e. The summed E-state index contributed by atoms with van der Waals surface area (Å²) < 4.78 is 7.61. The predicted molar refractivity (Wildman–Crippen MR) is 126 cm³/mol. The van der Waals surface area contributed by atoms with E-state index in [1.54, 1.807) is 36.7 Å². The van der Waals surface area contributed by atoms with Crippen molar-refractivity contribution >= 4 is 51.5 Å². The summed E-state index contributed by atoms with van der Waals surface area (Å²) in [6.07, 6.45) is 4.79. The highest BCUT2D eigenvalue weighted by Crippen LogP contribution is 2.35. The number of oxazole rings is 1. The lowest BCUT2D eigenvalue weighted by Crippen LogP contribution is -2.04. The third-order valence-electron chi connectivity index (χ3n) is 5.11. The van der Waals surface area contributed by atoms with E-state index in [-0.39, 0.29) is 11.0 Å². The maximum Gasteiger partial charge on any atom is 0.268 e. The molecule has 32 heavy (non-hydrogen) atoms. The van der Waals surface area contributed by atoms with Crippen molar-refractivity contribution in [2.24, 2.45) is 0 Å². The van der Waals surface area contributed by atoms with E-state index in [1.165, 1.54) is 6.20 Å². The van der Waals surface area contributed by atoms with Crippen LogP contribution in [0.4, 0.5) is 0 Å². The van der Waals surface area contributed by atoms with E-state index in [4.69, 9.17) is 39.2 Å². The molecule has 0 unspecified atom stereocenters. The van der Waals surface area contributed by atoms with Gasteiger partial charge in [-0.1, -0.05) is 46.9 Å². The molecule has 0 bridgehead atoms. The van der Waals surface area contributed by atoms with Gasteiger partial charge < -0.3 is 8.98 Å². The molecule has 0 aliphatic rings. The average molecular weight is 483 g/mol. The number of pyridine rings is 1. The van der Waals surface area contributed by atoms with Gasteiger partial charge in [0.15, 0.2) is 5.76 Å². The maximum atomic E-state index is 13.4. The second-order valence-electron chi connectivity index (χ2n) is 7.13. The van der Waals surface area contributed by atoms with Crippen LogP contribution in [0.3, 0.4) is 0 Å². The summed E-state index contributed by atoms with van der Waals surface area (Å²) in [5.41, 5.74) is 2.82. The van der Waals surface area contributed by atoms with Crippen LogP contribution in [0.25, 0.3) is 22.2 Å². The predicted octanol–water partition coefficient (Wildman–Crippen LogP) is 6.93. The van der Waals surface area contributed by atoms with Crippen molar-refractivity contribution in [2.75, 3.05) is 0 Å². The number of nitrogens with zero attached hydrogens (tertiary/aromatic N) is 3. The number of rotatable bonds is 5. The van der Waals surface area contributed by atoms with Crippen LogP contribution in [0.15, 0.2) is 77.6 Å². The van der Waals surface area contributed by atoms with Gasteiger partial charge in [-0.25, -0.2) is 4.98 Å². The van der Waals surface area contributed by atoms with Crippen molar-refractivity contribution < 1.29 is 9.21 Å². The van der Waals surface area contributed by atoms with Crippen LogP contribution in [-0.2, 0) is 6.54 Å². The molecule has 5 aromatic rings. The highest BCUT2D eigenvalue weighted by molar-refractivity contribution is 6.37. The van der Waals surface area contributed by atoms with Crippen LogP contribution >= 0.6 is 34.8 Å². The van der Waals surface area contributed by atoms with Gasteiger partial charge >= 0.3 is 0 Å². The summed E-state index contributed by atoms with van der Waals surface area (Å²) in [6, 6.07) is 16.3. The van der Waals surface area contributed by atoms with Crippen molar-refractivity contribution in [3.63, 3.8) is 0 Å². The third-order valence-corrected chi connectivity index (χ3v) is 5.99. The first-order chi connectivity index (χ1) is 15.5. The SMILES string of the molecule is O=C(c1ncc(-c2ccncc2)o1)c1c(Cl)n(Cc2ccc(Cl)cc2)c2ccc(Cl)cc12. The number of fused-ring (bicyclic) bond motifs is 1. The number of carbonyl (C=O) groups is 1. The lowest BCUT2D eigenvalue weighted by atomic mass is 10.1. The number of aromatic nitrogens is 3. The van der Waals surface area contributed by atoms with Crippen molar-refractivity contribution in [3.05, 3.63) is 105 Å². The fraction of sp³-hybridized carbons (Fsp3) is 0.0417.